The van der Waals surface area contributed by atoms with Gasteiger partial charge < -0.3 is 4.90 Å². The quantitative estimate of drug-likeness (QED) is 0.749. The van der Waals surface area contributed by atoms with Crippen LogP contribution in [0.15, 0.2) is 40.2 Å². The second-order valence-corrected chi connectivity index (χ2v) is 8.54. The molecule has 126 valence electrons. The van der Waals surface area contributed by atoms with Crippen molar-refractivity contribution < 1.29 is 4.79 Å². The summed E-state index contributed by atoms with van der Waals surface area (Å²) in [5.41, 5.74) is 2.30. The summed E-state index contributed by atoms with van der Waals surface area (Å²) >= 11 is 5.32. The molecular weight excluding hydrogens is 384 g/mol. The van der Waals surface area contributed by atoms with Gasteiger partial charge in [0, 0.05) is 47.1 Å². The standard InChI is InChI=1S/C19H21BrN2OS/c20-16-3-1-14(2-4-16)19(23)21-9-5-17(6-10-21)22-11-7-18-15(13-22)8-12-24-18/h1-4,8,12,17H,5-7,9-11,13H2. The van der Waals surface area contributed by atoms with Gasteiger partial charge >= 0.3 is 0 Å². The van der Waals surface area contributed by atoms with E-state index in [0.29, 0.717) is 6.04 Å². The molecule has 1 fully saturated rings. The first-order chi connectivity index (χ1) is 11.7. The SMILES string of the molecule is O=C(c1ccc(Br)cc1)N1CCC(N2CCc3sccc3C2)CC1. The van der Waals surface area contributed by atoms with E-state index in [9.17, 15) is 4.79 Å². The Hall–Kier alpha value is -1.17. The van der Waals surface area contributed by atoms with Crippen molar-refractivity contribution in [3.63, 3.8) is 0 Å². The normalized spacial score (nSPS) is 19.3. The Morgan fingerprint density at radius 2 is 1.83 bits per heavy atom. The van der Waals surface area contributed by atoms with Crippen LogP contribution in [0.5, 0.6) is 0 Å². The molecule has 0 spiro atoms. The Kier molecular flexibility index (Phi) is 4.74. The summed E-state index contributed by atoms with van der Waals surface area (Å²) in [7, 11) is 0. The van der Waals surface area contributed by atoms with Crippen LogP contribution in [0.2, 0.25) is 0 Å². The Bertz CT molecular complexity index is 719. The topological polar surface area (TPSA) is 23.6 Å². The molecule has 0 radical (unpaired) electrons. The van der Waals surface area contributed by atoms with Crippen LogP contribution in [0.1, 0.15) is 33.6 Å². The van der Waals surface area contributed by atoms with E-state index in [4.69, 9.17) is 0 Å². The molecule has 0 N–H and O–H groups in total. The van der Waals surface area contributed by atoms with Crippen molar-refractivity contribution in [3.05, 3.63) is 56.2 Å². The summed E-state index contributed by atoms with van der Waals surface area (Å²) in [5.74, 6) is 0.166. The lowest BCUT2D eigenvalue weighted by Gasteiger charge is -2.40. The van der Waals surface area contributed by atoms with Gasteiger partial charge in [0.15, 0.2) is 0 Å². The zero-order valence-corrected chi connectivity index (χ0v) is 16.0. The highest BCUT2D eigenvalue weighted by molar-refractivity contribution is 9.10. The molecule has 1 aromatic heterocycles. The van der Waals surface area contributed by atoms with Gasteiger partial charge in [0.1, 0.15) is 0 Å². The molecule has 0 unspecified atom stereocenters. The number of halogens is 1. The number of likely N-dealkylation sites (tertiary alicyclic amines) is 1. The van der Waals surface area contributed by atoms with Gasteiger partial charge in [-0.15, -0.1) is 11.3 Å². The molecule has 3 heterocycles. The molecule has 1 saturated heterocycles. The minimum Gasteiger partial charge on any atom is -0.339 e. The number of piperidine rings is 1. The second kappa shape index (κ2) is 6.98. The average molecular weight is 405 g/mol. The zero-order valence-electron chi connectivity index (χ0n) is 13.6. The third-order valence-electron chi connectivity index (χ3n) is 5.20. The highest BCUT2D eigenvalue weighted by atomic mass is 79.9. The van der Waals surface area contributed by atoms with Gasteiger partial charge in [-0.2, -0.15) is 0 Å². The van der Waals surface area contributed by atoms with Crippen LogP contribution in [0, 0.1) is 0 Å². The van der Waals surface area contributed by atoms with E-state index >= 15 is 0 Å². The van der Waals surface area contributed by atoms with Gasteiger partial charge in [-0.25, -0.2) is 0 Å². The Balaban J connectivity index is 1.35. The average Bonchev–Trinajstić information content (AvgIpc) is 3.09. The fraction of sp³-hybridized carbons (Fsp3) is 0.421. The van der Waals surface area contributed by atoms with Crippen LogP contribution in [-0.2, 0) is 13.0 Å². The Labute approximate surface area is 155 Å². The summed E-state index contributed by atoms with van der Waals surface area (Å²) < 4.78 is 1.01. The van der Waals surface area contributed by atoms with Gasteiger partial charge in [-0.1, -0.05) is 15.9 Å². The van der Waals surface area contributed by atoms with Crippen molar-refractivity contribution in [2.24, 2.45) is 0 Å². The first-order valence-corrected chi connectivity index (χ1v) is 10.2. The predicted molar refractivity (Wildman–Crippen MR) is 102 cm³/mol. The molecule has 1 amide bonds. The molecule has 1 aromatic carbocycles. The van der Waals surface area contributed by atoms with Crippen molar-refractivity contribution in [3.8, 4) is 0 Å². The third kappa shape index (κ3) is 3.30. The summed E-state index contributed by atoms with van der Waals surface area (Å²) in [5, 5.41) is 2.22. The number of amides is 1. The number of nitrogens with zero attached hydrogens (tertiary/aromatic N) is 2. The molecule has 3 nitrogen and oxygen atoms in total. The van der Waals surface area contributed by atoms with Crippen molar-refractivity contribution in [1.29, 1.82) is 0 Å². The lowest BCUT2D eigenvalue weighted by molar-refractivity contribution is 0.0600. The van der Waals surface area contributed by atoms with Crippen LogP contribution in [0.3, 0.4) is 0 Å². The van der Waals surface area contributed by atoms with Gasteiger partial charge in [-0.3, -0.25) is 9.69 Å². The maximum atomic E-state index is 12.6. The first-order valence-electron chi connectivity index (χ1n) is 8.55. The number of rotatable bonds is 2. The highest BCUT2D eigenvalue weighted by Gasteiger charge is 2.29. The summed E-state index contributed by atoms with van der Waals surface area (Å²) in [6.07, 6.45) is 3.36. The molecule has 2 aliphatic heterocycles. The summed E-state index contributed by atoms with van der Waals surface area (Å²) in [6.45, 7) is 3.99. The Morgan fingerprint density at radius 3 is 2.58 bits per heavy atom. The van der Waals surface area contributed by atoms with Crippen LogP contribution in [0.25, 0.3) is 0 Å². The maximum absolute atomic E-state index is 12.6. The number of carbonyl (C=O) groups excluding carboxylic acids is 1. The van der Waals surface area contributed by atoms with E-state index in [2.05, 4.69) is 32.3 Å². The molecule has 4 rings (SSSR count). The Morgan fingerprint density at radius 1 is 1.08 bits per heavy atom. The number of fused-ring (bicyclic) bond motifs is 1. The molecule has 2 aliphatic rings. The number of benzene rings is 1. The van der Waals surface area contributed by atoms with Gasteiger partial charge in [0.25, 0.3) is 5.91 Å². The number of hydrogen-bond acceptors (Lipinski definition) is 3. The van der Waals surface area contributed by atoms with Gasteiger partial charge in [-0.05, 0) is 60.5 Å². The van der Waals surface area contributed by atoms with Crippen LogP contribution < -0.4 is 0 Å². The van der Waals surface area contributed by atoms with Gasteiger partial charge in [0.2, 0.25) is 0 Å². The van der Waals surface area contributed by atoms with Crippen LogP contribution in [-0.4, -0.2) is 41.4 Å². The molecule has 2 aromatic rings. The number of carbonyl (C=O) groups is 1. The van der Waals surface area contributed by atoms with E-state index < -0.39 is 0 Å². The predicted octanol–water partition coefficient (Wildman–Crippen LogP) is 4.17. The van der Waals surface area contributed by atoms with E-state index in [-0.39, 0.29) is 5.91 Å². The monoisotopic (exact) mass is 404 g/mol. The second-order valence-electron chi connectivity index (χ2n) is 6.62. The van der Waals surface area contributed by atoms with Crippen molar-refractivity contribution in [2.45, 2.75) is 31.8 Å². The lowest BCUT2D eigenvalue weighted by Crippen LogP contribution is -2.47. The molecule has 0 aliphatic carbocycles. The fourth-order valence-electron chi connectivity index (χ4n) is 3.79. The minimum absolute atomic E-state index is 0.166. The molecule has 0 atom stereocenters. The third-order valence-corrected chi connectivity index (χ3v) is 6.75. The highest BCUT2D eigenvalue weighted by Crippen LogP contribution is 2.28. The molecule has 0 bridgehead atoms. The molecular formula is C19H21BrN2OS. The lowest BCUT2D eigenvalue weighted by atomic mass is 9.99. The van der Waals surface area contributed by atoms with Crippen LogP contribution in [0.4, 0.5) is 0 Å². The van der Waals surface area contributed by atoms with Crippen molar-refractivity contribution in [1.82, 2.24) is 9.80 Å². The van der Waals surface area contributed by atoms with E-state index in [1.807, 2.05) is 40.5 Å². The van der Waals surface area contributed by atoms with E-state index in [1.165, 1.54) is 18.5 Å². The summed E-state index contributed by atoms with van der Waals surface area (Å²) in [4.78, 5) is 18.8. The van der Waals surface area contributed by atoms with E-state index in [1.54, 1.807) is 4.88 Å². The molecule has 5 heteroatoms. The van der Waals surface area contributed by atoms with Crippen molar-refractivity contribution in [2.75, 3.05) is 19.6 Å². The van der Waals surface area contributed by atoms with Gasteiger partial charge in [0.05, 0.1) is 0 Å². The fourth-order valence-corrected chi connectivity index (χ4v) is 4.95. The van der Waals surface area contributed by atoms with Crippen molar-refractivity contribution >= 4 is 33.2 Å². The minimum atomic E-state index is 0.166. The number of hydrogen-bond donors (Lipinski definition) is 0. The summed E-state index contributed by atoms with van der Waals surface area (Å²) in [6, 6.07) is 10.6. The zero-order chi connectivity index (χ0) is 16.5. The van der Waals surface area contributed by atoms with Crippen LogP contribution >= 0.6 is 27.3 Å². The van der Waals surface area contributed by atoms with E-state index in [0.717, 1.165) is 42.5 Å². The maximum Gasteiger partial charge on any atom is 0.253 e. The first kappa shape index (κ1) is 16.3. The largest absolute Gasteiger partial charge is 0.339 e. The molecule has 24 heavy (non-hydrogen) atoms. The molecule has 0 saturated carbocycles. The smallest absolute Gasteiger partial charge is 0.253 e. The number of thiophene rings is 1.